The molecule has 2 unspecified atom stereocenters. The molecule has 1 N–H and O–H groups in total. The van der Waals surface area contributed by atoms with Gasteiger partial charge in [0.05, 0.1) is 24.4 Å². The van der Waals surface area contributed by atoms with Crippen LogP contribution in [0.3, 0.4) is 0 Å². The van der Waals surface area contributed by atoms with Crippen molar-refractivity contribution in [2.75, 3.05) is 19.7 Å². The van der Waals surface area contributed by atoms with Crippen LogP contribution in [0.4, 0.5) is 0 Å². The number of rotatable bonds is 2. The van der Waals surface area contributed by atoms with Crippen molar-refractivity contribution in [1.29, 1.82) is 0 Å². The molecule has 0 amide bonds. The van der Waals surface area contributed by atoms with Crippen LogP contribution in [0.15, 0.2) is 0 Å². The van der Waals surface area contributed by atoms with Gasteiger partial charge >= 0.3 is 0 Å². The molecule has 0 aromatic heterocycles. The fraction of sp³-hybridized carbons (Fsp3) is 0.929. The molecule has 1 heterocycles. The maximum atomic E-state index is 12.2. The van der Waals surface area contributed by atoms with Gasteiger partial charge in [-0.2, -0.15) is 0 Å². The minimum atomic E-state index is -0.280. The first-order valence-electron chi connectivity index (χ1n) is 7.07. The molecule has 2 aliphatic rings. The normalized spacial score (nSPS) is 34.3. The molecule has 0 aromatic rings. The molecule has 2 atom stereocenters. The van der Waals surface area contributed by atoms with Crippen LogP contribution in [0.5, 0.6) is 0 Å². The van der Waals surface area contributed by atoms with Crippen LogP contribution in [-0.2, 0) is 9.53 Å². The Morgan fingerprint density at radius 1 is 1.39 bits per heavy atom. The number of aliphatic hydroxyl groups is 1. The third-order valence-corrected chi connectivity index (χ3v) is 3.92. The Balaban J connectivity index is 2.07. The van der Waals surface area contributed by atoms with Crippen molar-refractivity contribution in [2.45, 2.75) is 63.7 Å². The van der Waals surface area contributed by atoms with Crippen LogP contribution in [0, 0.1) is 0 Å². The Labute approximate surface area is 109 Å². The van der Waals surface area contributed by atoms with E-state index < -0.39 is 0 Å². The summed E-state index contributed by atoms with van der Waals surface area (Å²) in [4.78, 5) is 14.4. The van der Waals surface area contributed by atoms with Crippen molar-refractivity contribution in [2.24, 2.45) is 0 Å². The van der Waals surface area contributed by atoms with E-state index in [0.717, 1.165) is 25.8 Å². The average Bonchev–Trinajstić information content (AvgIpc) is 2.51. The lowest BCUT2D eigenvalue weighted by Crippen LogP contribution is -2.58. The van der Waals surface area contributed by atoms with Gasteiger partial charge in [-0.1, -0.05) is 12.8 Å². The summed E-state index contributed by atoms with van der Waals surface area (Å²) in [7, 11) is 0. The second-order valence-electron chi connectivity index (χ2n) is 6.19. The van der Waals surface area contributed by atoms with Crippen molar-refractivity contribution < 1.29 is 14.6 Å². The molecular formula is C14H25NO3. The van der Waals surface area contributed by atoms with E-state index in [0.29, 0.717) is 18.7 Å². The Bertz CT molecular complexity index is 303. The minimum absolute atomic E-state index is 0.0286. The summed E-state index contributed by atoms with van der Waals surface area (Å²) in [6.45, 7) is 5.54. The minimum Gasteiger partial charge on any atom is -0.394 e. The van der Waals surface area contributed by atoms with Gasteiger partial charge in [0.2, 0.25) is 0 Å². The third-order valence-electron chi connectivity index (χ3n) is 3.92. The largest absolute Gasteiger partial charge is 0.394 e. The number of ketones is 1. The first-order valence-corrected chi connectivity index (χ1v) is 7.07. The van der Waals surface area contributed by atoms with E-state index in [1.807, 2.05) is 13.8 Å². The topological polar surface area (TPSA) is 49.8 Å². The third kappa shape index (κ3) is 3.31. The fourth-order valence-electron chi connectivity index (χ4n) is 3.20. The standard InChI is InChI=1S/C14H25NO3/c1-14(2)10-15(8-11(9-16)18-14)12-6-4-3-5-7-13(12)17/h11-12,16H,3-10H2,1-2H3. The van der Waals surface area contributed by atoms with Gasteiger partial charge in [0.1, 0.15) is 5.78 Å². The summed E-state index contributed by atoms with van der Waals surface area (Å²) in [5.74, 6) is 0.377. The molecular weight excluding hydrogens is 230 g/mol. The van der Waals surface area contributed by atoms with E-state index in [1.165, 1.54) is 6.42 Å². The zero-order valence-electron chi connectivity index (χ0n) is 11.5. The molecule has 1 aliphatic heterocycles. The van der Waals surface area contributed by atoms with Gasteiger partial charge in [-0.3, -0.25) is 9.69 Å². The SMILES string of the molecule is CC1(C)CN(C2CCCCCC2=O)CC(CO)O1. The number of carbonyl (C=O) groups is 1. The number of Topliss-reactive ketones (excluding diaryl/α,β-unsaturated/α-hetero) is 1. The van der Waals surface area contributed by atoms with Gasteiger partial charge in [0.25, 0.3) is 0 Å². The average molecular weight is 255 g/mol. The molecule has 18 heavy (non-hydrogen) atoms. The predicted molar refractivity (Wildman–Crippen MR) is 69.5 cm³/mol. The van der Waals surface area contributed by atoms with Crippen molar-refractivity contribution >= 4 is 5.78 Å². The van der Waals surface area contributed by atoms with Crippen LogP contribution < -0.4 is 0 Å². The van der Waals surface area contributed by atoms with Crippen LogP contribution in [0.25, 0.3) is 0 Å². The van der Waals surface area contributed by atoms with Gasteiger partial charge in [-0.15, -0.1) is 0 Å². The highest BCUT2D eigenvalue weighted by molar-refractivity contribution is 5.84. The molecule has 0 radical (unpaired) electrons. The number of morpholine rings is 1. The van der Waals surface area contributed by atoms with E-state index in [2.05, 4.69) is 4.90 Å². The number of nitrogens with zero attached hydrogens (tertiary/aromatic N) is 1. The lowest BCUT2D eigenvalue weighted by molar-refractivity contribution is -0.161. The molecule has 2 rings (SSSR count). The molecule has 4 nitrogen and oxygen atoms in total. The quantitative estimate of drug-likeness (QED) is 0.757. The maximum absolute atomic E-state index is 12.2. The number of carbonyl (C=O) groups excluding carboxylic acids is 1. The first-order chi connectivity index (χ1) is 8.52. The van der Waals surface area contributed by atoms with Gasteiger partial charge in [0, 0.05) is 19.5 Å². The van der Waals surface area contributed by atoms with Gasteiger partial charge in [-0.25, -0.2) is 0 Å². The number of ether oxygens (including phenoxy) is 1. The summed E-state index contributed by atoms with van der Waals surface area (Å²) in [6, 6.07) is 0.0460. The van der Waals surface area contributed by atoms with E-state index >= 15 is 0 Å². The molecule has 1 saturated carbocycles. The summed E-state index contributed by atoms with van der Waals surface area (Å²) in [5.41, 5.74) is -0.280. The van der Waals surface area contributed by atoms with Crippen molar-refractivity contribution in [3.05, 3.63) is 0 Å². The molecule has 1 saturated heterocycles. The van der Waals surface area contributed by atoms with Crippen LogP contribution in [0.1, 0.15) is 46.0 Å². The number of hydrogen-bond donors (Lipinski definition) is 1. The van der Waals surface area contributed by atoms with Crippen molar-refractivity contribution in [1.82, 2.24) is 4.90 Å². The van der Waals surface area contributed by atoms with Gasteiger partial charge in [0.15, 0.2) is 0 Å². The van der Waals surface area contributed by atoms with Gasteiger partial charge in [-0.05, 0) is 26.7 Å². The number of hydrogen-bond acceptors (Lipinski definition) is 4. The number of aliphatic hydroxyl groups excluding tert-OH is 1. The molecule has 1 aliphatic carbocycles. The summed E-state index contributed by atoms with van der Waals surface area (Å²) in [6.07, 6.45) is 4.85. The van der Waals surface area contributed by atoms with Gasteiger partial charge < -0.3 is 9.84 Å². The first kappa shape index (κ1) is 14.0. The molecule has 4 heteroatoms. The zero-order chi connectivity index (χ0) is 13.2. The maximum Gasteiger partial charge on any atom is 0.149 e. The molecule has 0 bridgehead atoms. The zero-order valence-corrected chi connectivity index (χ0v) is 11.5. The summed E-state index contributed by atoms with van der Waals surface area (Å²) >= 11 is 0. The molecule has 2 fully saturated rings. The highest BCUT2D eigenvalue weighted by atomic mass is 16.5. The van der Waals surface area contributed by atoms with E-state index in [9.17, 15) is 9.90 Å². The van der Waals surface area contributed by atoms with Crippen LogP contribution in [0.2, 0.25) is 0 Å². The summed E-state index contributed by atoms with van der Waals surface area (Å²) in [5, 5.41) is 9.32. The van der Waals surface area contributed by atoms with Crippen molar-refractivity contribution in [3.63, 3.8) is 0 Å². The monoisotopic (exact) mass is 255 g/mol. The lowest BCUT2D eigenvalue weighted by atomic mass is 9.99. The Hall–Kier alpha value is -0.450. The Morgan fingerprint density at radius 3 is 2.89 bits per heavy atom. The molecule has 0 aromatic carbocycles. The Kier molecular flexibility index (Phi) is 4.41. The fourth-order valence-corrected chi connectivity index (χ4v) is 3.20. The summed E-state index contributed by atoms with van der Waals surface area (Å²) < 4.78 is 5.81. The van der Waals surface area contributed by atoms with Crippen LogP contribution in [-0.4, -0.2) is 53.2 Å². The van der Waals surface area contributed by atoms with E-state index in [1.54, 1.807) is 0 Å². The van der Waals surface area contributed by atoms with Crippen LogP contribution >= 0.6 is 0 Å². The Morgan fingerprint density at radius 2 is 2.17 bits per heavy atom. The van der Waals surface area contributed by atoms with E-state index in [4.69, 9.17) is 4.74 Å². The second kappa shape index (κ2) is 5.68. The van der Waals surface area contributed by atoms with Crippen molar-refractivity contribution in [3.8, 4) is 0 Å². The predicted octanol–water partition coefficient (Wildman–Crippen LogP) is 1.36. The lowest BCUT2D eigenvalue weighted by Gasteiger charge is -2.45. The highest BCUT2D eigenvalue weighted by Crippen LogP contribution is 2.27. The highest BCUT2D eigenvalue weighted by Gasteiger charge is 2.38. The second-order valence-corrected chi connectivity index (χ2v) is 6.19. The van der Waals surface area contributed by atoms with E-state index in [-0.39, 0.29) is 24.4 Å². The smallest absolute Gasteiger partial charge is 0.149 e. The molecule has 0 spiro atoms. The molecule has 104 valence electrons.